The van der Waals surface area contributed by atoms with Crippen LogP contribution in [0.25, 0.3) is 0 Å². The van der Waals surface area contributed by atoms with Crippen molar-refractivity contribution >= 4 is 38.9 Å². The lowest BCUT2D eigenvalue weighted by atomic mass is 10.1. The summed E-state index contributed by atoms with van der Waals surface area (Å²) in [6, 6.07) is 5.99. The molecular formula is C11H11BrClN3S. The van der Waals surface area contributed by atoms with Gasteiger partial charge in [-0.05, 0) is 39.7 Å². The van der Waals surface area contributed by atoms with Gasteiger partial charge < -0.3 is 0 Å². The average Bonchev–Trinajstić information content (AvgIpc) is 2.73. The summed E-state index contributed by atoms with van der Waals surface area (Å²) in [5, 5.41) is 0.631. The molecule has 1 atom stereocenters. The van der Waals surface area contributed by atoms with E-state index in [1.807, 2.05) is 12.1 Å². The zero-order valence-electron chi connectivity index (χ0n) is 8.86. The first kappa shape index (κ1) is 13.0. The van der Waals surface area contributed by atoms with Gasteiger partial charge in [-0.3, -0.25) is 16.3 Å². The van der Waals surface area contributed by atoms with E-state index < -0.39 is 0 Å². The molecule has 6 heteroatoms. The van der Waals surface area contributed by atoms with E-state index in [-0.39, 0.29) is 6.04 Å². The number of thiophene rings is 1. The zero-order chi connectivity index (χ0) is 12.3. The molecule has 0 spiro atoms. The molecule has 17 heavy (non-hydrogen) atoms. The number of nitrogens with two attached hydrogens (primary N) is 1. The minimum Gasteiger partial charge on any atom is -0.271 e. The van der Waals surface area contributed by atoms with Crippen molar-refractivity contribution in [1.82, 2.24) is 10.4 Å². The Morgan fingerprint density at radius 2 is 2.29 bits per heavy atom. The van der Waals surface area contributed by atoms with Gasteiger partial charge in [-0.2, -0.15) is 0 Å². The maximum atomic E-state index is 6.11. The quantitative estimate of drug-likeness (QED) is 0.667. The minimum absolute atomic E-state index is 0.00366. The Balaban J connectivity index is 2.20. The van der Waals surface area contributed by atoms with E-state index in [9.17, 15) is 0 Å². The second kappa shape index (κ2) is 5.93. The van der Waals surface area contributed by atoms with Crippen LogP contribution in [0.5, 0.6) is 0 Å². The number of pyridine rings is 1. The molecule has 2 heterocycles. The van der Waals surface area contributed by atoms with E-state index in [2.05, 4.69) is 32.4 Å². The summed E-state index contributed by atoms with van der Waals surface area (Å²) in [6.07, 6.45) is 4.15. The third-order valence-electron chi connectivity index (χ3n) is 2.41. The molecule has 2 aromatic heterocycles. The van der Waals surface area contributed by atoms with Crippen LogP contribution in [-0.4, -0.2) is 4.98 Å². The molecule has 90 valence electrons. The van der Waals surface area contributed by atoms with Crippen molar-refractivity contribution in [2.75, 3.05) is 0 Å². The largest absolute Gasteiger partial charge is 0.271 e. The van der Waals surface area contributed by atoms with Crippen molar-refractivity contribution in [3.8, 4) is 0 Å². The molecule has 1 unspecified atom stereocenters. The fourth-order valence-corrected chi connectivity index (χ4v) is 3.37. The number of halogens is 2. The first-order valence-corrected chi connectivity index (χ1v) is 6.99. The van der Waals surface area contributed by atoms with Gasteiger partial charge in [0.05, 0.1) is 14.9 Å². The number of nitrogens with zero attached hydrogens (tertiary/aromatic N) is 1. The second-order valence-corrected chi connectivity index (χ2v) is 6.48. The first-order chi connectivity index (χ1) is 8.20. The number of nitrogens with one attached hydrogen (secondary N) is 1. The Labute approximate surface area is 117 Å². The van der Waals surface area contributed by atoms with Gasteiger partial charge in [-0.1, -0.05) is 11.6 Å². The Kier molecular flexibility index (Phi) is 4.53. The van der Waals surface area contributed by atoms with Crippen LogP contribution < -0.4 is 11.3 Å². The van der Waals surface area contributed by atoms with Gasteiger partial charge in [0.15, 0.2) is 0 Å². The predicted octanol–water partition coefficient (Wildman–Crippen LogP) is 3.31. The van der Waals surface area contributed by atoms with E-state index in [1.165, 1.54) is 4.88 Å². The van der Waals surface area contributed by atoms with Crippen molar-refractivity contribution in [2.45, 2.75) is 12.5 Å². The number of hydrogen-bond donors (Lipinski definition) is 2. The molecule has 0 bridgehead atoms. The first-order valence-electron chi connectivity index (χ1n) is 5.00. The molecular weight excluding hydrogens is 322 g/mol. The molecule has 3 N–H and O–H groups in total. The van der Waals surface area contributed by atoms with Crippen LogP contribution in [-0.2, 0) is 6.42 Å². The summed E-state index contributed by atoms with van der Waals surface area (Å²) >= 11 is 11.2. The molecule has 0 aliphatic heterocycles. The Morgan fingerprint density at radius 1 is 1.47 bits per heavy atom. The van der Waals surface area contributed by atoms with Gasteiger partial charge in [0.1, 0.15) is 0 Å². The SMILES string of the molecule is NNC(Cc1ccc(Br)s1)c1ccncc1Cl. The van der Waals surface area contributed by atoms with Crippen molar-refractivity contribution < 1.29 is 0 Å². The molecule has 2 aromatic rings. The lowest BCUT2D eigenvalue weighted by Gasteiger charge is -2.16. The Bertz CT molecular complexity index is 503. The molecule has 0 aromatic carbocycles. The van der Waals surface area contributed by atoms with Crippen LogP contribution >= 0.6 is 38.9 Å². The highest BCUT2D eigenvalue weighted by atomic mass is 79.9. The highest BCUT2D eigenvalue weighted by Gasteiger charge is 2.14. The second-order valence-electron chi connectivity index (χ2n) is 3.53. The molecule has 0 amide bonds. The fraction of sp³-hybridized carbons (Fsp3) is 0.182. The summed E-state index contributed by atoms with van der Waals surface area (Å²) < 4.78 is 1.11. The summed E-state index contributed by atoms with van der Waals surface area (Å²) in [4.78, 5) is 5.21. The standard InChI is InChI=1S/C11H11BrClN3S/c12-11-2-1-7(17-11)5-10(16-14)8-3-4-15-6-9(8)13/h1-4,6,10,16H,5,14H2. The topological polar surface area (TPSA) is 50.9 Å². The number of aromatic nitrogens is 1. The Hall–Kier alpha value is -0.460. The molecule has 3 nitrogen and oxygen atoms in total. The number of rotatable bonds is 4. The van der Waals surface area contributed by atoms with E-state index >= 15 is 0 Å². The highest BCUT2D eigenvalue weighted by Crippen LogP contribution is 2.29. The van der Waals surface area contributed by atoms with Crippen molar-refractivity contribution in [3.63, 3.8) is 0 Å². The molecule has 0 saturated heterocycles. The summed E-state index contributed by atoms with van der Waals surface area (Å²) in [7, 11) is 0. The van der Waals surface area contributed by atoms with Gasteiger partial charge in [-0.25, -0.2) is 0 Å². The third kappa shape index (κ3) is 3.26. The van der Waals surface area contributed by atoms with Crippen molar-refractivity contribution in [3.05, 3.63) is 49.8 Å². The van der Waals surface area contributed by atoms with E-state index in [0.29, 0.717) is 5.02 Å². The lowest BCUT2D eigenvalue weighted by molar-refractivity contribution is 0.555. The molecule has 0 radical (unpaired) electrons. The maximum Gasteiger partial charge on any atom is 0.0701 e. The predicted molar refractivity (Wildman–Crippen MR) is 75.0 cm³/mol. The summed E-state index contributed by atoms with van der Waals surface area (Å²) in [6.45, 7) is 0. The van der Waals surface area contributed by atoms with Crippen LogP contribution in [0.2, 0.25) is 5.02 Å². The van der Waals surface area contributed by atoms with E-state index in [0.717, 1.165) is 15.8 Å². The normalized spacial score (nSPS) is 12.6. The molecule has 0 aliphatic rings. The van der Waals surface area contributed by atoms with Crippen LogP contribution in [0.4, 0.5) is 0 Å². The summed E-state index contributed by atoms with van der Waals surface area (Å²) in [5.41, 5.74) is 3.76. The zero-order valence-corrected chi connectivity index (χ0v) is 12.0. The van der Waals surface area contributed by atoms with Gasteiger partial charge >= 0.3 is 0 Å². The van der Waals surface area contributed by atoms with E-state index in [4.69, 9.17) is 17.4 Å². The molecule has 0 aliphatic carbocycles. The number of hydrogen-bond acceptors (Lipinski definition) is 4. The fourth-order valence-electron chi connectivity index (χ4n) is 1.59. The molecule has 0 saturated carbocycles. The monoisotopic (exact) mass is 331 g/mol. The number of hydrazine groups is 1. The lowest BCUT2D eigenvalue weighted by Crippen LogP contribution is -2.29. The van der Waals surface area contributed by atoms with Crippen LogP contribution in [0.15, 0.2) is 34.4 Å². The molecule has 2 rings (SSSR count). The van der Waals surface area contributed by atoms with Crippen LogP contribution in [0, 0.1) is 0 Å². The maximum absolute atomic E-state index is 6.11. The van der Waals surface area contributed by atoms with Gasteiger partial charge in [0.25, 0.3) is 0 Å². The third-order valence-corrected chi connectivity index (χ3v) is 4.38. The van der Waals surface area contributed by atoms with Gasteiger partial charge in [-0.15, -0.1) is 11.3 Å². The van der Waals surface area contributed by atoms with Gasteiger partial charge in [0.2, 0.25) is 0 Å². The summed E-state index contributed by atoms with van der Waals surface area (Å²) in [5.74, 6) is 5.59. The van der Waals surface area contributed by atoms with Gasteiger partial charge in [0, 0.05) is 23.7 Å². The van der Waals surface area contributed by atoms with E-state index in [1.54, 1.807) is 23.7 Å². The minimum atomic E-state index is -0.00366. The Morgan fingerprint density at radius 3 is 2.88 bits per heavy atom. The van der Waals surface area contributed by atoms with Crippen molar-refractivity contribution in [2.24, 2.45) is 5.84 Å². The molecule has 0 fully saturated rings. The van der Waals surface area contributed by atoms with Crippen LogP contribution in [0.1, 0.15) is 16.5 Å². The highest BCUT2D eigenvalue weighted by molar-refractivity contribution is 9.11. The van der Waals surface area contributed by atoms with Crippen molar-refractivity contribution in [1.29, 1.82) is 0 Å². The van der Waals surface area contributed by atoms with Crippen LogP contribution in [0.3, 0.4) is 0 Å². The smallest absolute Gasteiger partial charge is 0.0701 e. The average molecular weight is 333 g/mol.